The Morgan fingerprint density at radius 2 is 2.07 bits per heavy atom. The summed E-state index contributed by atoms with van der Waals surface area (Å²) in [7, 11) is 1.52. The summed E-state index contributed by atoms with van der Waals surface area (Å²) in [6.07, 6.45) is 3.29. The Labute approximate surface area is 167 Å². The molecule has 0 aliphatic heterocycles. The second kappa shape index (κ2) is 9.05. The first-order chi connectivity index (χ1) is 13.5. The van der Waals surface area contributed by atoms with Gasteiger partial charge in [0.15, 0.2) is 5.82 Å². The van der Waals surface area contributed by atoms with Crippen LogP contribution < -0.4 is 20.7 Å². The molecule has 0 aliphatic carbocycles. The molecule has 146 valence electrons. The minimum Gasteiger partial charge on any atom is -0.495 e. The second-order valence-electron chi connectivity index (χ2n) is 5.82. The number of rotatable bonds is 7. The number of carbonyl (C=O) groups excluding carboxylic acids is 1. The number of hydrogen-bond acceptors (Lipinski definition) is 6. The second-order valence-corrected chi connectivity index (χ2v) is 6.25. The molecule has 1 aromatic carbocycles. The van der Waals surface area contributed by atoms with E-state index in [4.69, 9.17) is 16.3 Å². The van der Waals surface area contributed by atoms with Crippen LogP contribution in [0, 0.1) is 6.92 Å². The molecule has 0 radical (unpaired) electrons. The van der Waals surface area contributed by atoms with Crippen LogP contribution in [0.3, 0.4) is 0 Å². The van der Waals surface area contributed by atoms with E-state index < -0.39 is 0 Å². The molecule has 0 bridgehead atoms. The van der Waals surface area contributed by atoms with E-state index in [9.17, 15) is 4.79 Å². The van der Waals surface area contributed by atoms with Crippen LogP contribution in [0.2, 0.25) is 5.02 Å². The highest BCUT2D eigenvalue weighted by Crippen LogP contribution is 2.27. The molecule has 0 unspecified atom stereocenters. The smallest absolute Gasteiger partial charge is 0.319 e. The van der Waals surface area contributed by atoms with E-state index in [0.717, 1.165) is 5.69 Å². The van der Waals surface area contributed by atoms with Crippen molar-refractivity contribution in [1.29, 1.82) is 0 Å². The number of ether oxygens (including phenoxy) is 1. The maximum Gasteiger partial charge on any atom is 0.319 e. The van der Waals surface area contributed by atoms with Crippen molar-refractivity contribution in [2.24, 2.45) is 0 Å². The first-order valence-corrected chi connectivity index (χ1v) is 8.90. The molecule has 0 atom stereocenters. The molecule has 2 heterocycles. The van der Waals surface area contributed by atoms with Crippen LogP contribution in [-0.2, 0) is 0 Å². The molecular formula is C18H20ClN7O2. The van der Waals surface area contributed by atoms with E-state index in [1.54, 1.807) is 28.9 Å². The fourth-order valence-corrected chi connectivity index (χ4v) is 2.59. The maximum absolute atomic E-state index is 12.1. The molecule has 0 spiro atoms. The quantitative estimate of drug-likeness (QED) is 0.525. The number of nitrogens with one attached hydrogen (secondary N) is 3. The van der Waals surface area contributed by atoms with Crippen LogP contribution in [-0.4, -0.2) is 46.0 Å². The van der Waals surface area contributed by atoms with Crippen molar-refractivity contribution in [2.45, 2.75) is 6.92 Å². The van der Waals surface area contributed by atoms with Crippen molar-refractivity contribution in [3.63, 3.8) is 0 Å². The Bertz CT molecular complexity index is 961. The molecule has 10 heteroatoms. The normalized spacial score (nSPS) is 10.4. The van der Waals surface area contributed by atoms with Crippen molar-refractivity contribution < 1.29 is 9.53 Å². The van der Waals surface area contributed by atoms with E-state index in [-0.39, 0.29) is 6.03 Å². The van der Waals surface area contributed by atoms with Gasteiger partial charge in [-0.05, 0) is 31.2 Å². The fraction of sp³-hybridized carbons (Fsp3) is 0.222. The Balaban J connectivity index is 1.48. The summed E-state index contributed by atoms with van der Waals surface area (Å²) < 4.78 is 6.87. The summed E-state index contributed by atoms with van der Waals surface area (Å²) in [4.78, 5) is 20.4. The van der Waals surface area contributed by atoms with E-state index in [2.05, 4.69) is 31.0 Å². The minimum atomic E-state index is -0.363. The summed E-state index contributed by atoms with van der Waals surface area (Å²) in [5.74, 6) is 1.82. The summed E-state index contributed by atoms with van der Waals surface area (Å²) >= 11 is 5.95. The molecule has 0 fully saturated rings. The van der Waals surface area contributed by atoms with Gasteiger partial charge in [0.1, 0.15) is 17.9 Å². The van der Waals surface area contributed by atoms with Crippen LogP contribution >= 0.6 is 11.6 Å². The number of hydrogen-bond donors (Lipinski definition) is 3. The van der Waals surface area contributed by atoms with Crippen LogP contribution in [0.15, 0.2) is 42.9 Å². The van der Waals surface area contributed by atoms with E-state index >= 15 is 0 Å². The third kappa shape index (κ3) is 5.10. The molecule has 2 aromatic heterocycles. The highest BCUT2D eigenvalue weighted by Gasteiger charge is 2.08. The summed E-state index contributed by atoms with van der Waals surface area (Å²) in [6.45, 7) is 2.77. The first kappa shape index (κ1) is 19.4. The SMILES string of the molecule is COc1ccc(Cl)cc1NC(=O)NCCNc1cc(-n2ccc(C)n2)ncn1. The number of halogens is 1. The third-order valence-corrected chi connectivity index (χ3v) is 3.97. The average molecular weight is 402 g/mol. The number of aryl methyl sites for hydroxylation is 1. The van der Waals surface area contributed by atoms with Gasteiger partial charge in [0.25, 0.3) is 0 Å². The number of methoxy groups -OCH3 is 1. The van der Waals surface area contributed by atoms with Gasteiger partial charge in [-0.3, -0.25) is 0 Å². The van der Waals surface area contributed by atoms with Crippen LogP contribution in [0.4, 0.5) is 16.3 Å². The molecule has 9 nitrogen and oxygen atoms in total. The van der Waals surface area contributed by atoms with Crippen LogP contribution in [0.25, 0.3) is 5.82 Å². The third-order valence-electron chi connectivity index (χ3n) is 3.74. The number of aromatic nitrogens is 4. The lowest BCUT2D eigenvalue weighted by atomic mass is 10.3. The molecule has 3 rings (SSSR count). The highest BCUT2D eigenvalue weighted by molar-refractivity contribution is 6.31. The van der Waals surface area contributed by atoms with Gasteiger partial charge < -0.3 is 20.7 Å². The predicted molar refractivity (Wildman–Crippen MR) is 107 cm³/mol. The molecule has 3 aromatic rings. The fourth-order valence-electron chi connectivity index (χ4n) is 2.42. The predicted octanol–water partition coefficient (Wildman–Crippen LogP) is 2.87. The molecule has 0 saturated heterocycles. The van der Waals surface area contributed by atoms with Crippen molar-refractivity contribution in [2.75, 3.05) is 30.8 Å². The highest BCUT2D eigenvalue weighted by atomic mass is 35.5. The first-order valence-electron chi connectivity index (χ1n) is 8.52. The standard InChI is InChI=1S/C18H20ClN7O2/c1-12-5-8-26(25-12)17-10-16(22-11-23-17)20-6-7-21-18(27)24-14-9-13(19)3-4-15(14)28-2/h3-5,8-11H,6-7H2,1-2H3,(H,20,22,23)(H2,21,24,27). The van der Waals surface area contributed by atoms with Crippen molar-refractivity contribution in [3.05, 3.63) is 53.6 Å². The number of nitrogens with zero attached hydrogens (tertiary/aromatic N) is 4. The van der Waals surface area contributed by atoms with Crippen LogP contribution in [0.1, 0.15) is 5.69 Å². The van der Waals surface area contributed by atoms with E-state index in [0.29, 0.717) is 41.2 Å². The number of benzene rings is 1. The van der Waals surface area contributed by atoms with Gasteiger partial charge in [0.2, 0.25) is 0 Å². The topological polar surface area (TPSA) is 106 Å². The lowest BCUT2D eigenvalue weighted by Gasteiger charge is -2.12. The molecule has 0 saturated carbocycles. The zero-order chi connectivity index (χ0) is 19.9. The monoisotopic (exact) mass is 401 g/mol. The van der Waals surface area contributed by atoms with Gasteiger partial charge in [0.05, 0.1) is 18.5 Å². The minimum absolute atomic E-state index is 0.363. The molecule has 2 amide bonds. The van der Waals surface area contributed by atoms with Crippen molar-refractivity contribution in [3.8, 4) is 11.6 Å². The van der Waals surface area contributed by atoms with Gasteiger partial charge in [-0.2, -0.15) is 5.10 Å². The lowest BCUT2D eigenvalue weighted by molar-refractivity contribution is 0.252. The summed E-state index contributed by atoms with van der Waals surface area (Å²) in [5, 5.41) is 13.4. The number of anilines is 2. The number of urea groups is 1. The zero-order valence-corrected chi connectivity index (χ0v) is 16.2. The lowest BCUT2D eigenvalue weighted by Crippen LogP contribution is -2.32. The molecule has 0 aliphatic rings. The summed E-state index contributed by atoms with van der Waals surface area (Å²) in [6, 6.07) is 8.31. The molecular weight excluding hydrogens is 382 g/mol. The molecule has 3 N–H and O–H groups in total. The van der Waals surface area contributed by atoms with Crippen molar-refractivity contribution >= 4 is 29.1 Å². The Morgan fingerprint density at radius 1 is 1.21 bits per heavy atom. The Kier molecular flexibility index (Phi) is 6.28. The van der Waals surface area contributed by atoms with Crippen LogP contribution in [0.5, 0.6) is 5.75 Å². The van der Waals surface area contributed by atoms with Crippen molar-refractivity contribution in [1.82, 2.24) is 25.1 Å². The Hall–Kier alpha value is -3.33. The number of carbonyl (C=O) groups is 1. The van der Waals surface area contributed by atoms with Gasteiger partial charge in [0, 0.05) is 30.4 Å². The van der Waals surface area contributed by atoms with Gasteiger partial charge in [-0.15, -0.1) is 0 Å². The number of amides is 2. The van der Waals surface area contributed by atoms with Gasteiger partial charge in [-0.25, -0.2) is 19.4 Å². The summed E-state index contributed by atoms with van der Waals surface area (Å²) in [5.41, 5.74) is 1.40. The largest absolute Gasteiger partial charge is 0.495 e. The van der Waals surface area contributed by atoms with E-state index in [1.165, 1.54) is 13.4 Å². The average Bonchev–Trinajstić information content (AvgIpc) is 3.12. The Morgan fingerprint density at radius 3 is 2.82 bits per heavy atom. The van der Waals surface area contributed by atoms with E-state index in [1.807, 2.05) is 19.2 Å². The zero-order valence-electron chi connectivity index (χ0n) is 15.4. The van der Waals surface area contributed by atoms with Gasteiger partial charge in [-0.1, -0.05) is 11.6 Å². The van der Waals surface area contributed by atoms with Gasteiger partial charge >= 0.3 is 6.03 Å². The maximum atomic E-state index is 12.1. The molecule has 28 heavy (non-hydrogen) atoms.